The lowest BCUT2D eigenvalue weighted by Gasteiger charge is -2.35. The van der Waals surface area contributed by atoms with Gasteiger partial charge in [-0.15, -0.1) is 0 Å². The van der Waals surface area contributed by atoms with E-state index < -0.39 is 0 Å². The molecule has 3 heterocycles. The summed E-state index contributed by atoms with van der Waals surface area (Å²) < 4.78 is 25.2. The van der Waals surface area contributed by atoms with Crippen molar-refractivity contribution in [3.8, 4) is 17.0 Å². The van der Waals surface area contributed by atoms with Gasteiger partial charge < -0.3 is 19.7 Å². The zero-order chi connectivity index (χ0) is 21.3. The minimum absolute atomic E-state index is 0.114. The number of ether oxygens (including phenoxy) is 2. The number of nitrogens with one attached hydrogen (secondary N) is 2. The van der Waals surface area contributed by atoms with Gasteiger partial charge in [-0.2, -0.15) is 10.1 Å². The van der Waals surface area contributed by atoms with Gasteiger partial charge in [0.15, 0.2) is 5.82 Å². The van der Waals surface area contributed by atoms with Crippen LogP contribution >= 0.6 is 0 Å². The van der Waals surface area contributed by atoms with Crippen LogP contribution in [0.15, 0.2) is 30.5 Å². The summed E-state index contributed by atoms with van der Waals surface area (Å²) in [6, 6.07) is 6.44. The summed E-state index contributed by atoms with van der Waals surface area (Å²) in [6.07, 6.45) is 2.01. The molecule has 1 fully saturated rings. The third-order valence-corrected chi connectivity index (χ3v) is 4.95. The Morgan fingerprint density at radius 3 is 2.70 bits per heavy atom. The Kier molecular flexibility index (Phi) is 5.54. The van der Waals surface area contributed by atoms with Crippen LogP contribution < -0.4 is 15.0 Å². The molecule has 9 heteroatoms. The van der Waals surface area contributed by atoms with E-state index in [-0.39, 0.29) is 18.0 Å². The Morgan fingerprint density at radius 2 is 2.00 bits per heavy atom. The Labute approximate surface area is 174 Å². The number of aromatic nitrogens is 4. The molecule has 1 saturated heterocycles. The summed E-state index contributed by atoms with van der Waals surface area (Å²) >= 11 is 0. The molecule has 0 aliphatic carbocycles. The van der Waals surface area contributed by atoms with Crippen LogP contribution in [0.1, 0.15) is 19.4 Å². The number of halogens is 1. The lowest BCUT2D eigenvalue weighted by molar-refractivity contribution is -0.00571. The quantitative estimate of drug-likeness (QED) is 0.661. The highest BCUT2D eigenvalue weighted by molar-refractivity contribution is 5.67. The number of H-pyrrole nitrogens is 1. The van der Waals surface area contributed by atoms with Crippen molar-refractivity contribution in [3.63, 3.8) is 0 Å². The lowest BCUT2D eigenvalue weighted by Crippen LogP contribution is -2.46. The second-order valence-corrected chi connectivity index (χ2v) is 7.50. The van der Waals surface area contributed by atoms with E-state index in [9.17, 15) is 4.39 Å². The number of nitrogens with zero attached hydrogens (tertiary/aromatic N) is 4. The van der Waals surface area contributed by atoms with Gasteiger partial charge in [0.2, 0.25) is 5.95 Å². The zero-order valence-electron chi connectivity index (χ0n) is 17.4. The predicted molar refractivity (Wildman–Crippen MR) is 113 cm³/mol. The van der Waals surface area contributed by atoms with Crippen molar-refractivity contribution < 1.29 is 13.9 Å². The van der Waals surface area contributed by atoms with Crippen molar-refractivity contribution in [1.29, 1.82) is 0 Å². The third-order valence-electron chi connectivity index (χ3n) is 4.95. The van der Waals surface area contributed by atoms with Crippen LogP contribution in [0.2, 0.25) is 0 Å². The standard InChI is InChI=1S/C21H25FN6O2/c1-12-9-23-21(28-10-13(2)30-14(3)11-28)25-20(12)24-19-8-18(26-27-19)16-6-5-15(29-4)7-17(16)22/h5-9,13-14H,10-11H2,1-4H3,(H2,23,24,25,26,27)/t13-,14+. The normalized spacial score (nSPS) is 19.0. The van der Waals surface area contributed by atoms with Crippen molar-refractivity contribution in [1.82, 2.24) is 20.2 Å². The van der Waals surface area contributed by atoms with E-state index in [2.05, 4.69) is 30.4 Å². The summed E-state index contributed by atoms with van der Waals surface area (Å²) in [5.74, 6) is 1.91. The Morgan fingerprint density at radius 1 is 1.23 bits per heavy atom. The molecule has 8 nitrogen and oxygen atoms in total. The minimum Gasteiger partial charge on any atom is -0.497 e. The molecule has 4 rings (SSSR count). The number of hydrogen-bond donors (Lipinski definition) is 2. The van der Waals surface area contributed by atoms with E-state index in [1.54, 1.807) is 24.4 Å². The highest BCUT2D eigenvalue weighted by Crippen LogP contribution is 2.28. The van der Waals surface area contributed by atoms with Crippen LogP contribution in [0.4, 0.5) is 22.0 Å². The molecule has 2 aromatic heterocycles. The average Bonchev–Trinajstić information content (AvgIpc) is 3.17. The Balaban J connectivity index is 1.55. The number of hydrogen-bond acceptors (Lipinski definition) is 7. The number of rotatable bonds is 5. The summed E-state index contributed by atoms with van der Waals surface area (Å²) in [5.41, 5.74) is 1.85. The van der Waals surface area contributed by atoms with Crippen molar-refractivity contribution in [2.45, 2.75) is 33.0 Å². The van der Waals surface area contributed by atoms with Crippen molar-refractivity contribution in [3.05, 3.63) is 41.8 Å². The maximum absolute atomic E-state index is 14.4. The molecule has 0 saturated carbocycles. The van der Waals surface area contributed by atoms with Gasteiger partial charge in [0, 0.05) is 42.5 Å². The fourth-order valence-corrected chi connectivity index (χ4v) is 3.54. The maximum atomic E-state index is 14.4. The van der Waals surface area contributed by atoms with E-state index in [4.69, 9.17) is 9.47 Å². The molecule has 1 aromatic carbocycles. The van der Waals surface area contributed by atoms with Crippen LogP contribution in [0, 0.1) is 12.7 Å². The molecule has 2 N–H and O–H groups in total. The molecule has 0 unspecified atom stereocenters. The monoisotopic (exact) mass is 412 g/mol. The van der Waals surface area contributed by atoms with Crippen LogP contribution in [0.3, 0.4) is 0 Å². The van der Waals surface area contributed by atoms with Crippen molar-refractivity contribution in [2.75, 3.05) is 30.4 Å². The maximum Gasteiger partial charge on any atom is 0.227 e. The van der Waals surface area contributed by atoms with Crippen molar-refractivity contribution in [2.24, 2.45) is 0 Å². The fourth-order valence-electron chi connectivity index (χ4n) is 3.54. The molecular weight excluding hydrogens is 387 g/mol. The topological polar surface area (TPSA) is 88.2 Å². The Hall–Kier alpha value is -3.20. The molecule has 2 atom stereocenters. The van der Waals surface area contributed by atoms with E-state index in [0.717, 1.165) is 18.7 Å². The third kappa shape index (κ3) is 4.20. The highest BCUT2D eigenvalue weighted by Gasteiger charge is 2.24. The first-order chi connectivity index (χ1) is 14.4. The van der Waals surface area contributed by atoms with Gasteiger partial charge in [-0.3, -0.25) is 5.10 Å². The highest BCUT2D eigenvalue weighted by atomic mass is 19.1. The van der Waals surface area contributed by atoms with Crippen LogP contribution in [0.25, 0.3) is 11.3 Å². The number of methoxy groups -OCH3 is 1. The van der Waals surface area contributed by atoms with E-state index in [0.29, 0.717) is 34.6 Å². The second kappa shape index (κ2) is 8.27. The van der Waals surface area contributed by atoms with E-state index in [1.807, 2.05) is 20.8 Å². The van der Waals surface area contributed by atoms with Crippen LogP contribution in [-0.4, -0.2) is 52.6 Å². The number of benzene rings is 1. The average molecular weight is 412 g/mol. The largest absolute Gasteiger partial charge is 0.497 e. The first-order valence-corrected chi connectivity index (χ1v) is 9.83. The molecule has 0 radical (unpaired) electrons. The summed E-state index contributed by atoms with van der Waals surface area (Å²) in [7, 11) is 1.50. The molecule has 3 aromatic rings. The summed E-state index contributed by atoms with van der Waals surface area (Å²) in [5, 5.41) is 10.3. The van der Waals surface area contributed by atoms with E-state index >= 15 is 0 Å². The van der Waals surface area contributed by atoms with Gasteiger partial charge in [0.1, 0.15) is 17.4 Å². The van der Waals surface area contributed by atoms with Gasteiger partial charge in [0.05, 0.1) is 25.0 Å². The van der Waals surface area contributed by atoms with E-state index in [1.165, 1.54) is 13.2 Å². The molecule has 0 amide bonds. The van der Waals surface area contributed by atoms with Gasteiger partial charge in [-0.05, 0) is 32.9 Å². The molecule has 158 valence electrons. The van der Waals surface area contributed by atoms with Crippen LogP contribution in [-0.2, 0) is 4.74 Å². The lowest BCUT2D eigenvalue weighted by atomic mass is 10.1. The van der Waals surface area contributed by atoms with Gasteiger partial charge in [-0.25, -0.2) is 9.37 Å². The summed E-state index contributed by atoms with van der Waals surface area (Å²) in [4.78, 5) is 11.3. The number of aryl methyl sites for hydroxylation is 1. The van der Waals surface area contributed by atoms with Crippen LogP contribution in [0.5, 0.6) is 5.75 Å². The second-order valence-electron chi connectivity index (χ2n) is 7.50. The van der Waals surface area contributed by atoms with Gasteiger partial charge in [-0.1, -0.05) is 0 Å². The molecule has 1 aliphatic rings. The molecule has 0 spiro atoms. The van der Waals surface area contributed by atoms with Gasteiger partial charge >= 0.3 is 0 Å². The Bertz CT molecular complexity index is 1030. The molecular formula is C21H25FN6O2. The SMILES string of the molecule is COc1ccc(-c2cc(Nc3nc(N4C[C@@H](C)O[C@@H](C)C4)ncc3C)n[nH]2)c(F)c1. The predicted octanol–water partition coefficient (Wildman–Crippen LogP) is 3.68. The van der Waals surface area contributed by atoms with Crippen molar-refractivity contribution >= 4 is 17.6 Å². The molecule has 30 heavy (non-hydrogen) atoms. The first-order valence-electron chi connectivity index (χ1n) is 9.83. The first kappa shape index (κ1) is 20.1. The molecule has 0 bridgehead atoms. The minimum atomic E-state index is -0.388. The summed E-state index contributed by atoms with van der Waals surface area (Å²) in [6.45, 7) is 7.47. The fraction of sp³-hybridized carbons (Fsp3) is 0.381. The zero-order valence-corrected chi connectivity index (χ0v) is 17.4. The van der Waals surface area contributed by atoms with Gasteiger partial charge in [0.25, 0.3) is 0 Å². The number of anilines is 3. The molecule has 1 aliphatic heterocycles. The number of aromatic amines is 1. The smallest absolute Gasteiger partial charge is 0.227 e. The number of morpholine rings is 1.